The Morgan fingerprint density at radius 1 is 1.29 bits per heavy atom. The molecular weight excluding hydrogens is 272 g/mol. The number of hydrogen-bond acceptors (Lipinski definition) is 5. The van der Waals surface area contributed by atoms with Gasteiger partial charge in [0.05, 0.1) is 5.71 Å². The standard InChI is InChI=1S/C14H18N4O3/c1-4-12(19)17-16-10(3)13(18-21)14(20)15-11-8-6-5-7-9(11)2/h5-8,21H,4H2,1-3H3,(H,15,20)(H,17,19). The van der Waals surface area contributed by atoms with Crippen LogP contribution in [0.2, 0.25) is 0 Å². The summed E-state index contributed by atoms with van der Waals surface area (Å²) in [5.41, 5.74) is 3.57. The molecule has 0 unspecified atom stereocenters. The summed E-state index contributed by atoms with van der Waals surface area (Å²) in [5, 5.41) is 18.2. The zero-order valence-corrected chi connectivity index (χ0v) is 12.2. The molecule has 0 bridgehead atoms. The number of nitrogens with one attached hydrogen (secondary N) is 2. The monoisotopic (exact) mass is 290 g/mol. The molecule has 1 aromatic carbocycles. The molecule has 3 N–H and O–H groups in total. The second-order valence-electron chi connectivity index (χ2n) is 4.30. The Balaban J connectivity index is 2.83. The van der Waals surface area contributed by atoms with Crippen LogP contribution in [-0.4, -0.2) is 28.4 Å². The average Bonchev–Trinajstić information content (AvgIpc) is 2.47. The Hall–Kier alpha value is -2.70. The lowest BCUT2D eigenvalue weighted by atomic mass is 10.2. The maximum Gasteiger partial charge on any atom is 0.279 e. The molecule has 7 nitrogen and oxygen atoms in total. The van der Waals surface area contributed by atoms with E-state index in [1.165, 1.54) is 6.92 Å². The number of amides is 2. The molecule has 1 rings (SSSR count). The van der Waals surface area contributed by atoms with Crippen molar-refractivity contribution < 1.29 is 14.8 Å². The predicted molar refractivity (Wildman–Crippen MR) is 80.6 cm³/mol. The highest BCUT2D eigenvalue weighted by Gasteiger charge is 2.17. The third-order valence-corrected chi connectivity index (χ3v) is 2.72. The van der Waals surface area contributed by atoms with E-state index in [0.717, 1.165) is 5.56 Å². The van der Waals surface area contributed by atoms with E-state index in [2.05, 4.69) is 21.0 Å². The molecule has 0 aliphatic rings. The van der Waals surface area contributed by atoms with Gasteiger partial charge in [-0.05, 0) is 25.5 Å². The second kappa shape index (κ2) is 7.78. The molecule has 0 heterocycles. The molecule has 112 valence electrons. The first kappa shape index (κ1) is 16.4. The van der Waals surface area contributed by atoms with Crippen molar-refractivity contribution >= 4 is 28.9 Å². The summed E-state index contributed by atoms with van der Waals surface area (Å²) in [4.78, 5) is 23.2. The number of anilines is 1. The minimum Gasteiger partial charge on any atom is -0.410 e. The van der Waals surface area contributed by atoms with Gasteiger partial charge in [-0.3, -0.25) is 9.59 Å². The largest absolute Gasteiger partial charge is 0.410 e. The molecule has 0 spiro atoms. The molecule has 2 amide bonds. The first-order chi connectivity index (χ1) is 9.99. The summed E-state index contributed by atoms with van der Waals surface area (Å²) >= 11 is 0. The number of carbonyl (C=O) groups excluding carboxylic acids is 2. The van der Waals surface area contributed by atoms with Crippen molar-refractivity contribution in [3.05, 3.63) is 29.8 Å². The smallest absolute Gasteiger partial charge is 0.279 e. The van der Waals surface area contributed by atoms with E-state index in [1.54, 1.807) is 19.1 Å². The number of rotatable bonds is 5. The Bertz CT molecular complexity index is 594. The first-order valence-corrected chi connectivity index (χ1v) is 6.42. The average molecular weight is 290 g/mol. The molecule has 0 saturated heterocycles. The minimum atomic E-state index is -0.612. The van der Waals surface area contributed by atoms with Crippen LogP contribution in [0.15, 0.2) is 34.5 Å². The van der Waals surface area contributed by atoms with Crippen LogP contribution < -0.4 is 10.7 Å². The molecule has 0 aromatic heterocycles. The van der Waals surface area contributed by atoms with Crippen LogP contribution in [0.5, 0.6) is 0 Å². The van der Waals surface area contributed by atoms with Crippen LogP contribution in [0.25, 0.3) is 0 Å². The Morgan fingerprint density at radius 3 is 2.52 bits per heavy atom. The van der Waals surface area contributed by atoms with Gasteiger partial charge in [0.15, 0.2) is 5.71 Å². The van der Waals surface area contributed by atoms with Crippen molar-refractivity contribution in [3.63, 3.8) is 0 Å². The van der Waals surface area contributed by atoms with Gasteiger partial charge in [0.25, 0.3) is 5.91 Å². The predicted octanol–water partition coefficient (Wildman–Crippen LogP) is 1.67. The van der Waals surface area contributed by atoms with Crippen molar-refractivity contribution in [2.24, 2.45) is 10.3 Å². The third kappa shape index (κ3) is 4.72. The first-order valence-electron chi connectivity index (χ1n) is 6.42. The van der Waals surface area contributed by atoms with Crippen molar-refractivity contribution in [1.82, 2.24) is 5.43 Å². The second-order valence-corrected chi connectivity index (χ2v) is 4.30. The SMILES string of the molecule is CCC(=O)NN=C(C)C(=NO)C(=O)Nc1ccccc1C. The Morgan fingerprint density at radius 2 is 1.95 bits per heavy atom. The Labute approximate surface area is 122 Å². The van der Waals surface area contributed by atoms with Crippen LogP contribution in [-0.2, 0) is 9.59 Å². The van der Waals surface area contributed by atoms with E-state index in [4.69, 9.17) is 5.21 Å². The highest BCUT2D eigenvalue weighted by molar-refractivity contribution is 6.68. The van der Waals surface area contributed by atoms with Crippen molar-refractivity contribution in [3.8, 4) is 0 Å². The fourth-order valence-electron chi connectivity index (χ4n) is 1.45. The van der Waals surface area contributed by atoms with E-state index in [-0.39, 0.29) is 23.8 Å². The van der Waals surface area contributed by atoms with Crippen molar-refractivity contribution in [2.75, 3.05) is 5.32 Å². The summed E-state index contributed by atoms with van der Waals surface area (Å²) in [6, 6.07) is 7.20. The van der Waals surface area contributed by atoms with Crippen LogP contribution in [0, 0.1) is 6.92 Å². The highest BCUT2D eigenvalue weighted by Crippen LogP contribution is 2.13. The number of nitrogens with zero attached hydrogens (tertiary/aromatic N) is 2. The topological polar surface area (TPSA) is 103 Å². The number of carbonyl (C=O) groups is 2. The lowest BCUT2D eigenvalue weighted by Gasteiger charge is -2.08. The van der Waals surface area contributed by atoms with E-state index in [0.29, 0.717) is 5.69 Å². The molecule has 0 atom stereocenters. The molecule has 1 aromatic rings. The molecule has 7 heteroatoms. The molecule has 0 fully saturated rings. The van der Waals surface area contributed by atoms with Gasteiger partial charge in [0.2, 0.25) is 5.91 Å². The molecule has 0 aliphatic carbocycles. The van der Waals surface area contributed by atoms with Crippen molar-refractivity contribution in [1.29, 1.82) is 0 Å². The highest BCUT2D eigenvalue weighted by atomic mass is 16.4. The van der Waals surface area contributed by atoms with Crippen molar-refractivity contribution in [2.45, 2.75) is 27.2 Å². The molecular formula is C14H18N4O3. The van der Waals surface area contributed by atoms with E-state index >= 15 is 0 Å². The number of oxime groups is 1. The lowest BCUT2D eigenvalue weighted by molar-refractivity contribution is -0.120. The van der Waals surface area contributed by atoms with Crippen LogP contribution in [0.1, 0.15) is 25.8 Å². The van der Waals surface area contributed by atoms with Gasteiger partial charge in [-0.1, -0.05) is 30.3 Å². The van der Waals surface area contributed by atoms with Crippen LogP contribution in [0.4, 0.5) is 5.69 Å². The number of benzene rings is 1. The molecule has 0 aliphatic heterocycles. The summed E-state index contributed by atoms with van der Waals surface area (Å²) in [6.07, 6.45) is 0.262. The number of aryl methyl sites for hydroxylation is 1. The van der Waals surface area contributed by atoms with Gasteiger partial charge >= 0.3 is 0 Å². The zero-order valence-electron chi connectivity index (χ0n) is 12.2. The number of hydrogen-bond donors (Lipinski definition) is 3. The number of hydrazone groups is 1. The summed E-state index contributed by atoms with van der Waals surface area (Å²) in [6.45, 7) is 4.97. The van der Waals surface area contributed by atoms with E-state index in [9.17, 15) is 9.59 Å². The van der Waals surface area contributed by atoms with Crippen LogP contribution in [0.3, 0.4) is 0 Å². The molecule has 0 radical (unpaired) electrons. The lowest BCUT2D eigenvalue weighted by Crippen LogP contribution is -2.31. The summed E-state index contributed by atoms with van der Waals surface area (Å²) in [7, 11) is 0. The van der Waals surface area contributed by atoms with Gasteiger partial charge in [-0.2, -0.15) is 5.10 Å². The third-order valence-electron chi connectivity index (χ3n) is 2.72. The fraction of sp³-hybridized carbons (Fsp3) is 0.286. The van der Waals surface area contributed by atoms with Crippen LogP contribution >= 0.6 is 0 Å². The van der Waals surface area contributed by atoms with Gasteiger partial charge in [-0.15, -0.1) is 0 Å². The summed E-state index contributed by atoms with van der Waals surface area (Å²) in [5.74, 6) is -0.912. The van der Waals surface area contributed by atoms with Gasteiger partial charge in [0, 0.05) is 12.1 Å². The maximum atomic E-state index is 12.1. The maximum absolute atomic E-state index is 12.1. The van der Waals surface area contributed by atoms with Gasteiger partial charge < -0.3 is 10.5 Å². The molecule has 0 saturated carbocycles. The van der Waals surface area contributed by atoms with Gasteiger partial charge in [-0.25, -0.2) is 5.43 Å². The number of para-hydroxylation sites is 1. The Kier molecular flexibility index (Phi) is 6.06. The fourth-order valence-corrected chi connectivity index (χ4v) is 1.45. The van der Waals surface area contributed by atoms with E-state index in [1.807, 2.05) is 19.1 Å². The zero-order chi connectivity index (χ0) is 15.8. The van der Waals surface area contributed by atoms with Gasteiger partial charge in [0.1, 0.15) is 0 Å². The quantitative estimate of drug-likeness (QED) is 0.436. The normalized spacial score (nSPS) is 12.0. The molecule has 21 heavy (non-hydrogen) atoms. The minimum absolute atomic E-state index is 0.102. The summed E-state index contributed by atoms with van der Waals surface area (Å²) < 4.78 is 0. The van der Waals surface area contributed by atoms with E-state index < -0.39 is 5.91 Å².